The third-order valence-corrected chi connectivity index (χ3v) is 7.95. The summed E-state index contributed by atoms with van der Waals surface area (Å²) in [5.74, 6) is -0.239. The first-order valence-electron chi connectivity index (χ1n) is 10.2. The smallest absolute Gasteiger partial charge is 0.265 e. The number of amides is 1. The summed E-state index contributed by atoms with van der Waals surface area (Å²) in [5.41, 5.74) is 4.12. The fraction of sp³-hybridized carbons (Fsp3) is 0.160. The van der Waals surface area contributed by atoms with E-state index in [9.17, 15) is 13.2 Å². The Morgan fingerprint density at radius 2 is 1.73 bits per heavy atom. The third-order valence-electron chi connectivity index (χ3n) is 5.29. The molecule has 1 amide bonds. The Morgan fingerprint density at radius 1 is 1.00 bits per heavy atom. The zero-order chi connectivity index (χ0) is 23.8. The van der Waals surface area contributed by atoms with Gasteiger partial charge in [-0.15, -0.1) is 11.3 Å². The Hall–Kier alpha value is -2.87. The van der Waals surface area contributed by atoms with E-state index < -0.39 is 10.0 Å². The lowest BCUT2D eigenvalue weighted by Gasteiger charge is -2.22. The van der Waals surface area contributed by atoms with E-state index in [4.69, 9.17) is 11.6 Å². The van der Waals surface area contributed by atoms with Crippen LogP contribution in [0.4, 0.5) is 11.4 Å². The average molecular weight is 499 g/mol. The molecule has 0 bridgehead atoms. The number of anilines is 2. The number of benzene rings is 3. The molecule has 0 radical (unpaired) electrons. The number of halogens is 1. The number of nitrogens with one attached hydrogen (secondary N) is 1. The molecular weight excluding hydrogens is 476 g/mol. The first-order valence-corrected chi connectivity index (χ1v) is 13.3. The van der Waals surface area contributed by atoms with Crippen LogP contribution >= 0.6 is 22.9 Å². The number of rotatable bonds is 6. The molecule has 33 heavy (non-hydrogen) atoms. The molecule has 5 nitrogen and oxygen atoms in total. The molecule has 170 valence electrons. The molecule has 0 saturated carbocycles. The highest BCUT2D eigenvalue weighted by Crippen LogP contribution is 2.32. The largest absolute Gasteiger partial charge is 0.321 e. The van der Waals surface area contributed by atoms with Gasteiger partial charge < -0.3 is 5.32 Å². The van der Waals surface area contributed by atoms with Crippen molar-refractivity contribution in [1.82, 2.24) is 0 Å². The number of nitrogens with zero attached hydrogens (tertiary/aromatic N) is 1. The minimum Gasteiger partial charge on any atom is -0.321 e. The topological polar surface area (TPSA) is 66.5 Å². The van der Waals surface area contributed by atoms with Crippen molar-refractivity contribution in [2.75, 3.05) is 15.9 Å². The van der Waals surface area contributed by atoms with Gasteiger partial charge in [0.15, 0.2) is 0 Å². The molecule has 4 rings (SSSR count). The van der Waals surface area contributed by atoms with Gasteiger partial charge in [-0.3, -0.25) is 9.10 Å². The molecule has 0 aliphatic heterocycles. The van der Waals surface area contributed by atoms with Crippen molar-refractivity contribution < 1.29 is 13.2 Å². The van der Waals surface area contributed by atoms with Crippen LogP contribution in [-0.2, 0) is 16.6 Å². The van der Waals surface area contributed by atoms with Crippen molar-refractivity contribution in [1.29, 1.82) is 0 Å². The highest BCUT2D eigenvalue weighted by molar-refractivity contribution is 7.92. The van der Waals surface area contributed by atoms with Crippen molar-refractivity contribution in [3.05, 3.63) is 93.3 Å². The number of aryl methyl sites for hydroxylation is 2. The quantitative estimate of drug-likeness (QED) is 0.335. The van der Waals surface area contributed by atoms with Gasteiger partial charge in [-0.25, -0.2) is 8.42 Å². The molecule has 0 unspecified atom stereocenters. The molecule has 0 saturated heterocycles. The lowest BCUT2D eigenvalue weighted by atomic mass is 10.1. The van der Waals surface area contributed by atoms with Gasteiger partial charge in [0, 0.05) is 15.4 Å². The summed E-state index contributed by atoms with van der Waals surface area (Å²) in [6, 6.07) is 20.4. The molecule has 0 fully saturated rings. The van der Waals surface area contributed by atoms with E-state index in [1.165, 1.54) is 21.9 Å². The molecule has 0 spiro atoms. The molecule has 4 aromatic rings. The summed E-state index contributed by atoms with van der Waals surface area (Å²) in [6.45, 7) is 4.12. The van der Waals surface area contributed by atoms with Gasteiger partial charge in [-0.1, -0.05) is 47.5 Å². The van der Waals surface area contributed by atoms with Gasteiger partial charge in [0.25, 0.3) is 5.91 Å². The zero-order valence-corrected chi connectivity index (χ0v) is 20.8. The average Bonchev–Trinajstić information content (AvgIpc) is 3.18. The van der Waals surface area contributed by atoms with E-state index >= 15 is 0 Å². The molecule has 1 N–H and O–H groups in total. The van der Waals surface area contributed by atoms with E-state index in [1.807, 2.05) is 50.2 Å². The molecule has 3 aromatic carbocycles. The van der Waals surface area contributed by atoms with Gasteiger partial charge in [-0.05, 0) is 66.8 Å². The van der Waals surface area contributed by atoms with Gasteiger partial charge in [0.2, 0.25) is 10.0 Å². The van der Waals surface area contributed by atoms with Crippen LogP contribution in [0.3, 0.4) is 0 Å². The molecule has 0 aliphatic carbocycles. The lowest BCUT2D eigenvalue weighted by molar-refractivity contribution is 0.103. The van der Waals surface area contributed by atoms with Gasteiger partial charge in [0.1, 0.15) is 0 Å². The van der Waals surface area contributed by atoms with Gasteiger partial charge in [-0.2, -0.15) is 0 Å². The fourth-order valence-electron chi connectivity index (χ4n) is 3.42. The summed E-state index contributed by atoms with van der Waals surface area (Å²) in [5, 5.41) is 4.26. The predicted octanol–water partition coefficient (Wildman–Crippen LogP) is 6.39. The van der Waals surface area contributed by atoms with E-state index in [1.54, 1.807) is 30.3 Å². The number of thiophene rings is 1. The third kappa shape index (κ3) is 5.38. The monoisotopic (exact) mass is 498 g/mol. The maximum atomic E-state index is 12.8. The Kier molecular flexibility index (Phi) is 6.47. The Morgan fingerprint density at radius 3 is 2.39 bits per heavy atom. The molecular formula is C25H23ClN2O3S2. The summed E-state index contributed by atoms with van der Waals surface area (Å²) >= 11 is 7.51. The second-order valence-electron chi connectivity index (χ2n) is 8.01. The molecule has 0 atom stereocenters. The minimum absolute atomic E-state index is 0.232. The highest BCUT2D eigenvalue weighted by atomic mass is 35.5. The van der Waals surface area contributed by atoms with E-state index in [2.05, 4.69) is 5.32 Å². The van der Waals surface area contributed by atoms with Crippen molar-refractivity contribution in [3.8, 4) is 0 Å². The standard InChI is InChI=1S/C25H23ClN2O3S2/c1-16-4-7-18(8-5-16)15-28(33(3,30)31)21-10-11-23-19(12-21)13-24(32-23)25(29)27-20-9-6-17(2)22(26)14-20/h4-14H,15H2,1-3H3,(H,27,29). The van der Waals surface area contributed by atoms with Crippen LogP contribution in [0, 0.1) is 13.8 Å². The number of hydrogen-bond donors (Lipinski definition) is 1. The number of hydrogen-bond acceptors (Lipinski definition) is 4. The fourth-order valence-corrected chi connectivity index (χ4v) is 5.42. The van der Waals surface area contributed by atoms with Crippen molar-refractivity contribution in [3.63, 3.8) is 0 Å². The SMILES string of the molecule is Cc1ccc(CN(c2ccc3sc(C(=O)Nc4ccc(C)c(Cl)c4)cc3c2)S(C)(=O)=O)cc1. The number of sulfonamides is 1. The Bertz CT molecular complexity index is 1440. The van der Waals surface area contributed by atoms with Crippen LogP contribution in [0.1, 0.15) is 26.4 Å². The molecule has 1 heterocycles. The number of fused-ring (bicyclic) bond motifs is 1. The van der Waals surface area contributed by atoms with E-state index in [0.29, 0.717) is 21.3 Å². The molecule has 1 aromatic heterocycles. The highest BCUT2D eigenvalue weighted by Gasteiger charge is 2.19. The number of carbonyl (C=O) groups is 1. The number of carbonyl (C=O) groups excluding carboxylic acids is 1. The summed E-state index contributed by atoms with van der Waals surface area (Å²) < 4.78 is 27.4. The maximum absolute atomic E-state index is 12.8. The van der Waals surface area contributed by atoms with E-state index in [-0.39, 0.29) is 12.5 Å². The molecule has 8 heteroatoms. The Labute approximate surface area is 202 Å². The van der Waals surface area contributed by atoms with Crippen LogP contribution in [0.15, 0.2) is 66.7 Å². The van der Waals surface area contributed by atoms with Crippen LogP contribution < -0.4 is 9.62 Å². The van der Waals surface area contributed by atoms with Crippen molar-refractivity contribution >= 4 is 60.3 Å². The predicted molar refractivity (Wildman–Crippen MR) is 138 cm³/mol. The summed E-state index contributed by atoms with van der Waals surface area (Å²) in [4.78, 5) is 13.3. The second-order valence-corrected chi connectivity index (χ2v) is 11.4. The van der Waals surface area contributed by atoms with Crippen LogP contribution in [0.2, 0.25) is 5.02 Å². The summed E-state index contributed by atoms with van der Waals surface area (Å²) in [7, 11) is -3.51. The maximum Gasteiger partial charge on any atom is 0.265 e. The summed E-state index contributed by atoms with van der Waals surface area (Å²) in [6.07, 6.45) is 1.20. The van der Waals surface area contributed by atoms with Gasteiger partial charge >= 0.3 is 0 Å². The second kappa shape index (κ2) is 9.17. The van der Waals surface area contributed by atoms with Crippen LogP contribution in [0.5, 0.6) is 0 Å². The Balaban J connectivity index is 1.62. The van der Waals surface area contributed by atoms with Gasteiger partial charge in [0.05, 0.1) is 23.4 Å². The molecule has 0 aliphatic rings. The van der Waals surface area contributed by atoms with Crippen molar-refractivity contribution in [2.45, 2.75) is 20.4 Å². The zero-order valence-electron chi connectivity index (χ0n) is 18.4. The minimum atomic E-state index is -3.51. The van der Waals surface area contributed by atoms with Crippen LogP contribution in [0.25, 0.3) is 10.1 Å². The normalized spacial score (nSPS) is 11.5. The van der Waals surface area contributed by atoms with E-state index in [0.717, 1.165) is 26.8 Å². The van der Waals surface area contributed by atoms with Crippen molar-refractivity contribution in [2.24, 2.45) is 0 Å². The first kappa shape index (κ1) is 23.3. The first-order chi connectivity index (χ1) is 15.6. The van der Waals surface area contributed by atoms with Crippen LogP contribution in [-0.4, -0.2) is 20.6 Å². The lowest BCUT2D eigenvalue weighted by Crippen LogP contribution is -2.29.